The van der Waals surface area contributed by atoms with Gasteiger partial charge in [-0.25, -0.2) is 0 Å². The zero-order valence-electron chi connectivity index (χ0n) is 6.06. The van der Waals surface area contributed by atoms with E-state index in [0.717, 1.165) is 11.3 Å². The fraction of sp³-hybridized carbons (Fsp3) is 0.286. The number of hydrogen-bond acceptors (Lipinski definition) is 1. The Morgan fingerprint density at radius 1 is 1.60 bits per heavy atom. The first-order chi connectivity index (χ1) is 4.63. The molecule has 3 heteroatoms. The van der Waals surface area contributed by atoms with Crippen molar-refractivity contribution in [3.05, 3.63) is 23.0 Å². The third-order valence-corrected chi connectivity index (χ3v) is 1.52. The lowest BCUT2D eigenvalue weighted by Gasteiger charge is -1.92. The minimum absolute atomic E-state index is 0.365. The van der Waals surface area contributed by atoms with Gasteiger partial charge in [0.25, 0.3) is 5.91 Å². The molecular formula is C7H10N2O. The molecule has 0 bridgehead atoms. The minimum Gasteiger partial charge on any atom is -0.366 e. The fourth-order valence-electron chi connectivity index (χ4n) is 1.04. The van der Waals surface area contributed by atoms with Crippen molar-refractivity contribution in [3.8, 4) is 0 Å². The van der Waals surface area contributed by atoms with Gasteiger partial charge in [-0.15, -0.1) is 0 Å². The molecule has 10 heavy (non-hydrogen) atoms. The highest BCUT2D eigenvalue weighted by Gasteiger charge is 2.08. The number of H-pyrrole nitrogens is 1. The summed E-state index contributed by atoms with van der Waals surface area (Å²) in [5.41, 5.74) is 7.46. The summed E-state index contributed by atoms with van der Waals surface area (Å²) in [6, 6.07) is 0. The summed E-state index contributed by atoms with van der Waals surface area (Å²) in [6.45, 7) is 3.68. The quantitative estimate of drug-likeness (QED) is 0.590. The Kier molecular flexibility index (Phi) is 1.49. The number of aromatic nitrogens is 1. The van der Waals surface area contributed by atoms with Gasteiger partial charge in [0.05, 0.1) is 5.56 Å². The monoisotopic (exact) mass is 138 g/mol. The topological polar surface area (TPSA) is 58.9 Å². The Bertz CT molecular complexity index is 243. The van der Waals surface area contributed by atoms with Crippen LogP contribution in [-0.4, -0.2) is 10.9 Å². The van der Waals surface area contributed by atoms with Gasteiger partial charge in [0.15, 0.2) is 0 Å². The molecule has 0 saturated carbocycles. The van der Waals surface area contributed by atoms with Gasteiger partial charge in [0, 0.05) is 11.9 Å². The first-order valence-corrected chi connectivity index (χ1v) is 3.07. The van der Waals surface area contributed by atoms with Crippen LogP contribution >= 0.6 is 0 Å². The van der Waals surface area contributed by atoms with E-state index in [0.29, 0.717) is 5.56 Å². The Balaban J connectivity index is 3.23. The molecule has 1 amide bonds. The van der Waals surface area contributed by atoms with E-state index >= 15 is 0 Å². The lowest BCUT2D eigenvalue weighted by Crippen LogP contribution is -2.12. The number of carbonyl (C=O) groups excluding carboxylic acids is 1. The summed E-state index contributed by atoms with van der Waals surface area (Å²) in [7, 11) is 0. The molecule has 0 spiro atoms. The maximum absolute atomic E-state index is 10.7. The Labute approximate surface area is 59.2 Å². The summed E-state index contributed by atoms with van der Waals surface area (Å²) in [5.74, 6) is -0.365. The van der Waals surface area contributed by atoms with Crippen molar-refractivity contribution in [1.29, 1.82) is 0 Å². The van der Waals surface area contributed by atoms with Crippen LogP contribution in [0.25, 0.3) is 0 Å². The van der Waals surface area contributed by atoms with Crippen LogP contribution in [0, 0.1) is 13.8 Å². The second-order valence-corrected chi connectivity index (χ2v) is 2.34. The van der Waals surface area contributed by atoms with Crippen molar-refractivity contribution in [3.63, 3.8) is 0 Å². The van der Waals surface area contributed by atoms with Crippen LogP contribution < -0.4 is 5.73 Å². The van der Waals surface area contributed by atoms with Crippen LogP contribution in [0.2, 0.25) is 0 Å². The number of primary amides is 1. The molecule has 3 N–H and O–H groups in total. The SMILES string of the molecule is Cc1c[nH]c(C)c1C(N)=O. The van der Waals surface area contributed by atoms with E-state index in [1.807, 2.05) is 13.8 Å². The molecule has 0 aliphatic rings. The van der Waals surface area contributed by atoms with Crippen molar-refractivity contribution >= 4 is 5.91 Å². The number of nitrogens with two attached hydrogens (primary N) is 1. The molecule has 0 atom stereocenters. The van der Waals surface area contributed by atoms with Crippen molar-refractivity contribution in [1.82, 2.24) is 4.98 Å². The van der Waals surface area contributed by atoms with Crippen LogP contribution in [0.15, 0.2) is 6.20 Å². The fourth-order valence-corrected chi connectivity index (χ4v) is 1.04. The van der Waals surface area contributed by atoms with Gasteiger partial charge in [-0.3, -0.25) is 4.79 Å². The molecule has 0 saturated heterocycles. The van der Waals surface area contributed by atoms with E-state index in [2.05, 4.69) is 4.98 Å². The number of carbonyl (C=O) groups is 1. The van der Waals surface area contributed by atoms with Crippen molar-refractivity contribution in [2.24, 2.45) is 5.73 Å². The Morgan fingerprint density at radius 2 is 2.20 bits per heavy atom. The smallest absolute Gasteiger partial charge is 0.250 e. The van der Waals surface area contributed by atoms with E-state index in [1.54, 1.807) is 6.20 Å². The average molecular weight is 138 g/mol. The predicted octanol–water partition coefficient (Wildman–Crippen LogP) is 0.730. The largest absolute Gasteiger partial charge is 0.366 e. The first-order valence-electron chi connectivity index (χ1n) is 3.07. The van der Waals surface area contributed by atoms with Crippen LogP contribution in [0.5, 0.6) is 0 Å². The highest BCUT2D eigenvalue weighted by atomic mass is 16.1. The lowest BCUT2D eigenvalue weighted by molar-refractivity contribution is 0.0999. The molecular weight excluding hydrogens is 128 g/mol. The van der Waals surface area contributed by atoms with Crippen LogP contribution in [-0.2, 0) is 0 Å². The summed E-state index contributed by atoms with van der Waals surface area (Å²) in [5, 5.41) is 0. The van der Waals surface area contributed by atoms with Gasteiger partial charge in [0.2, 0.25) is 0 Å². The summed E-state index contributed by atoms with van der Waals surface area (Å²) in [6.07, 6.45) is 1.77. The van der Waals surface area contributed by atoms with Gasteiger partial charge < -0.3 is 10.7 Å². The molecule has 0 unspecified atom stereocenters. The van der Waals surface area contributed by atoms with Gasteiger partial charge in [-0.2, -0.15) is 0 Å². The zero-order valence-corrected chi connectivity index (χ0v) is 6.06. The molecule has 1 rings (SSSR count). The average Bonchev–Trinajstić information content (AvgIpc) is 2.11. The maximum atomic E-state index is 10.7. The molecule has 1 heterocycles. The molecule has 0 aliphatic carbocycles. The highest BCUT2D eigenvalue weighted by molar-refractivity contribution is 5.95. The molecule has 0 aliphatic heterocycles. The Hall–Kier alpha value is -1.25. The van der Waals surface area contributed by atoms with Crippen LogP contribution in [0.3, 0.4) is 0 Å². The van der Waals surface area contributed by atoms with Gasteiger partial charge in [-0.05, 0) is 19.4 Å². The number of amides is 1. The van der Waals surface area contributed by atoms with Crippen molar-refractivity contribution in [2.75, 3.05) is 0 Å². The number of aromatic amines is 1. The maximum Gasteiger partial charge on any atom is 0.250 e. The van der Waals surface area contributed by atoms with Crippen molar-refractivity contribution < 1.29 is 4.79 Å². The summed E-state index contributed by atoms with van der Waals surface area (Å²) >= 11 is 0. The van der Waals surface area contributed by atoms with E-state index < -0.39 is 0 Å². The molecule has 54 valence electrons. The van der Waals surface area contributed by atoms with Crippen LogP contribution in [0.4, 0.5) is 0 Å². The third-order valence-electron chi connectivity index (χ3n) is 1.52. The van der Waals surface area contributed by atoms with Gasteiger partial charge in [-0.1, -0.05) is 0 Å². The lowest BCUT2D eigenvalue weighted by atomic mass is 10.1. The van der Waals surface area contributed by atoms with E-state index in [4.69, 9.17) is 5.73 Å². The molecule has 0 aromatic carbocycles. The van der Waals surface area contributed by atoms with E-state index in [1.165, 1.54) is 0 Å². The normalized spacial score (nSPS) is 9.80. The molecule has 0 radical (unpaired) electrons. The minimum atomic E-state index is -0.365. The molecule has 3 nitrogen and oxygen atoms in total. The third kappa shape index (κ3) is 0.900. The number of nitrogens with one attached hydrogen (secondary N) is 1. The Morgan fingerprint density at radius 3 is 2.40 bits per heavy atom. The standard InChI is InChI=1S/C7H10N2O/c1-4-3-9-5(2)6(4)7(8)10/h3,9H,1-2H3,(H2,8,10). The first kappa shape index (κ1) is 6.86. The van der Waals surface area contributed by atoms with E-state index in [9.17, 15) is 4.79 Å². The molecule has 0 fully saturated rings. The second-order valence-electron chi connectivity index (χ2n) is 2.34. The number of hydrogen-bond donors (Lipinski definition) is 2. The van der Waals surface area contributed by atoms with Crippen molar-refractivity contribution in [2.45, 2.75) is 13.8 Å². The summed E-state index contributed by atoms with van der Waals surface area (Å²) in [4.78, 5) is 13.6. The molecule has 1 aromatic heterocycles. The predicted molar refractivity (Wildman–Crippen MR) is 38.8 cm³/mol. The van der Waals surface area contributed by atoms with Gasteiger partial charge in [0.1, 0.15) is 0 Å². The number of aryl methyl sites for hydroxylation is 2. The number of rotatable bonds is 1. The van der Waals surface area contributed by atoms with E-state index in [-0.39, 0.29) is 5.91 Å². The highest BCUT2D eigenvalue weighted by Crippen LogP contribution is 2.09. The molecule has 1 aromatic rings. The zero-order chi connectivity index (χ0) is 7.72. The van der Waals surface area contributed by atoms with Gasteiger partial charge >= 0.3 is 0 Å². The second kappa shape index (κ2) is 2.17. The summed E-state index contributed by atoms with van der Waals surface area (Å²) < 4.78 is 0. The van der Waals surface area contributed by atoms with Crippen LogP contribution in [0.1, 0.15) is 21.6 Å².